The molecule has 1 unspecified atom stereocenters. The lowest BCUT2D eigenvalue weighted by Crippen LogP contribution is -2.21. The predicted molar refractivity (Wildman–Crippen MR) is 122 cm³/mol. The molecule has 33 heavy (non-hydrogen) atoms. The molecule has 1 aromatic heterocycles. The van der Waals surface area contributed by atoms with E-state index in [1.807, 2.05) is 60.7 Å². The zero-order valence-corrected chi connectivity index (χ0v) is 17.8. The van der Waals surface area contributed by atoms with Gasteiger partial charge in [-0.2, -0.15) is 0 Å². The molecule has 3 aromatic carbocycles. The molecule has 1 atom stereocenters. The standard InChI is InChI=1S/C27H22F2N2O2/c28-22-13-7-12-20(26(22)29)15-24-23(30-17-25(31-24)19-10-5-2-6-11-19)16-21(27(32)33)14-18-8-3-1-4-9-18/h1-13,17,21H,14-16H2,(H,32,33). The van der Waals surface area contributed by atoms with Crippen molar-refractivity contribution < 1.29 is 18.7 Å². The van der Waals surface area contributed by atoms with E-state index in [4.69, 9.17) is 0 Å². The summed E-state index contributed by atoms with van der Waals surface area (Å²) in [5, 5.41) is 9.83. The molecule has 0 saturated carbocycles. The molecule has 4 aromatic rings. The van der Waals surface area contributed by atoms with Crippen LogP contribution in [-0.2, 0) is 24.1 Å². The molecular weight excluding hydrogens is 422 g/mol. The second-order valence-corrected chi connectivity index (χ2v) is 7.83. The first-order valence-electron chi connectivity index (χ1n) is 10.6. The maximum absolute atomic E-state index is 14.4. The highest BCUT2D eigenvalue weighted by molar-refractivity contribution is 5.71. The fourth-order valence-corrected chi connectivity index (χ4v) is 3.76. The molecule has 4 nitrogen and oxygen atoms in total. The molecule has 0 aliphatic rings. The lowest BCUT2D eigenvalue weighted by Gasteiger charge is -2.16. The van der Waals surface area contributed by atoms with E-state index in [-0.39, 0.29) is 18.4 Å². The number of hydrogen-bond acceptors (Lipinski definition) is 3. The highest BCUT2D eigenvalue weighted by atomic mass is 19.2. The number of carbonyl (C=O) groups is 1. The molecule has 0 spiro atoms. The van der Waals surface area contributed by atoms with Crippen molar-refractivity contribution in [1.29, 1.82) is 0 Å². The molecule has 166 valence electrons. The van der Waals surface area contributed by atoms with Crippen LogP contribution in [0, 0.1) is 17.6 Å². The first-order valence-corrected chi connectivity index (χ1v) is 10.6. The van der Waals surface area contributed by atoms with Crippen molar-refractivity contribution in [2.45, 2.75) is 19.3 Å². The van der Waals surface area contributed by atoms with Crippen LogP contribution in [0.2, 0.25) is 0 Å². The SMILES string of the molecule is O=C(O)C(Cc1ccccc1)Cc1ncc(-c2ccccc2)nc1Cc1cccc(F)c1F. The van der Waals surface area contributed by atoms with Crippen LogP contribution in [-0.4, -0.2) is 21.0 Å². The summed E-state index contributed by atoms with van der Waals surface area (Å²) < 4.78 is 28.2. The molecule has 4 rings (SSSR count). The summed E-state index contributed by atoms with van der Waals surface area (Å²) in [5.41, 5.74) is 3.35. The van der Waals surface area contributed by atoms with E-state index in [0.717, 1.165) is 17.2 Å². The van der Waals surface area contributed by atoms with Gasteiger partial charge in [-0.05, 0) is 23.6 Å². The second-order valence-electron chi connectivity index (χ2n) is 7.83. The van der Waals surface area contributed by atoms with Crippen molar-refractivity contribution in [1.82, 2.24) is 9.97 Å². The van der Waals surface area contributed by atoms with E-state index in [1.165, 1.54) is 12.1 Å². The summed E-state index contributed by atoms with van der Waals surface area (Å²) in [4.78, 5) is 21.2. The zero-order valence-electron chi connectivity index (χ0n) is 17.8. The molecule has 6 heteroatoms. The minimum Gasteiger partial charge on any atom is -0.481 e. The van der Waals surface area contributed by atoms with E-state index in [9.17, 15) is 18.7 Å². The quantitative estimate of drug-likeness (QED) is 0.390. The van der Waals surface area contributed by atoms with Gasteiger partial charge >= 0.3 is 5.97 Å². The van der Waals surface area contributed by atoms with Crippen LogP contribution in [0.15, 0.2) is 85.1 Å². The van der Waals surface area contributed by atoms with Crippen molar-refractivity contribution in [3.8, 4) is 11.3 Å². The van der Waals surface area contributed by atoms with Crippen LogP contribution in [0.25, 0.3) is 11.3 Å². The van der Waals surface area contributed by atoms with E-state index in [0.29, 0.717) is 23.5 Å². The summed E-state index contributed by atoms with van der Waals surface area (Å²) in [6.45, 7) is 0. The van der Waals surface area contributed by atoms with Crippen LogP contribution in [0.4, 0.5) is 8.78 Å². The third-order valence-electron chi connectivity index (χ3n) is 5.50. The van der Waals surface area contributed by atoms with Gasteiger partial charge in [-0.1, -0.05) is 72.8 Å². The highest BCUT2D eigenvalue weighted by Gasteiger charge is 2.23. The summed E-state index contributed by atoms with van der Waals surface area (Å²) in [6, 6.07) is 22.7. The van der Waals surface area contributed by atoms with Gasteiger partial charge in [0.1, 0.15) is 0 Å². The number of hydrogen-bond donors (Lipinski definition) is 1. The Morgan fingerprint density at radius 1 is 0.848 bits per heavy atom. The fraction of sp³-hybridized carbons (Fsp3) is 0.148. The van der Waals surface area contributed by atoms with E-state index >= 15 is 0 Å². The average molecular weight is 444 g/mol. The molecule has 0 radical (unpaired) electrons. The Hall–Kier alpha value is -3.93. The molecule has 1 N–H and O–H groups in total. The first-order chi connectivity index (χ1) is 16.0. The largest absolute Gasteiger partial charge is 0.481 e. The number of benzene rings is 3. The second kappa shape index (κ2) is 10.1. The van der Waals surface area contributed by atoms with Gasteiger partial charge in [-0.3, -0.25) is 9.78 Å². The van der Waals surface area contributed by atoms with Gasteiger partial charge in [0, 0.05) is 18.4 Å². The Bertz CT molecular complexity index is 1250. The molecule has 0 fully saturated rings. The molecule has 0 saturated heterocycles. The third kappa shape index (κ3) is 5.47. The molecule has 0 aliphatic heterocycles. The fourth-order valence-electron chi connectivity index (χ4n) is 3.76. The normalized spacial score (nSPS) is 11.8. The van der Waals surface area contributed by atoms with Gasteiger partial charge < -0.3 is 5.11 Å². The number of nitrogens with zero attached hydrogens (tertiary/aromatic N) is 2. The predicted octanol–water partition coefficient (Wildman–Crippen LogP) is 5.50. The monoisotopic (exact) mass is 444 g/mol. The Kier molecular flexibility index (Phi) is 6.83. The van der Waals surface area contributed by atoms with Crippen LogP contribution < -0.4 is 0 Å². The Labute approximate surface area is 190 Å². The van der Waals surface area contributed by atoms with Gasteiger partial charge in [0.25, 0.3) is 0 Å². The maximum Gasteiger partial charge on any atom is 0.307 e. The molecule has 1 heterocycles. The number of aliphatic carboxylic acids is 1. The Morgan fingerprint density at radius 3 is 2.24 bits per heavy atom. The minimum absolute atomic E-state index is 0.00424. The zero-order chi connectivity index (χ0) is 23.2. The number of halogens is 2. The Balaban J connectivity index is 1.71. The molecular formula is C27H22F2N2O2. The average Bonchev–Trinajstić information content (AvgIpc) is 2.83. The van der Waals surface area contributed by atoms with Gasteiger partial charge in [0.15, 0.2) is 11.6 Å². The topological polar surface area (TPSA) is 63.1 Å². The minimum atomic E-state index is -0.948. The van der Waals surface area contributed by atoms with E-state index in [1.54, 1.807) is 6.20 Å². The van der Waals surface area contributed by atoms with Gasteiger partial charge in [-0.15, -0.1) is 0 Å². The third-order valence-corrected chi connectivity index (χ3v) is 5.50. The summed E-state index contributed by atoms with van der Waals surface area (Å²) >= 11 is 0. The molecule has 0 aliphatic carbocycles. The van der Waals surface area contributed by atoms with E-state index < -0.39 is 23.5 Å². The number of aromatic nitrogens is 2. The van der Waals surface area contributed by atoms with Crippen LogP contribution >= 0.6 is 0 Å². The van der Waals surface area contributed by atoms with Crippen LogP contribution in [0.1, 0.15) is 22.5 Å². The summed E-state index contributed by atoms with van der Waals surface area (Å²) in [5.74, 6) is -3.56. The number of rotatable bonds is 8. The Morgan fingerprint density at radius 2 is 1.55 bits per heavy atom. The van der Waals surface area contributed by atoms with E-state index in [2.05, 4.69) is 9.97 Å². The van der Waals surface area contributed by atoms with Crippen molar-refractivity contribution in [2.75, 3.05) is 0 Å². The lowest BCUT2D eigenvalue weighted by atomic mass is 9.93. The molecule has 0 bridgehead atoms. The van der Waals surface area contributed by atoms with Gasteiger partial charge in [0.05, 0.1) is 29.2 Å². The van der Waals surface area contributed by atoms with Crippen molar-refractivity contribution in [2.24, 2.45) is 5.92 Å². The summed E-state index contributed by atoms with van der Waals surface area (Å²) in [6.07, 6.45) is 2.05. The summed E-state index contributed by atoms with van der Waals surface area (Å²) in [7, 11) is 0. The maximum atomic E-state index is 14.4. The lowest BCUT2D eigenvalue weighted by molar-refractivity contribution is -0.141. The van der Waals surface area contributed by atoms with Gasteiger partial charge in [-0.25, -0.2) is 13.8 Å². The highest BCUT2D eigenvalue weighted by Crippen LogP contribution is 2.23. The van der Waals surface area contributed by atoms with Crippen LogP contribution in [0.3, 0.4) is 0 Å². The molecule has 0 amide bonds. The van der Waals surface area contributed by atoms with Gasteiger partial charge in [0.2, 0.25) is 0 Å². The first kappa shape index (κ1) is 22.3. The van der Waals surface area contributed by atoms with Crippen molar-refractivity contribution in [3.05, 3.63) is 119 Å². The smallest absolute Gasteiger partial charge is 0.307 e. The number of carboxylic acid groups (broad SMARTS) is 1. The van der Waals surface area contributed by atoms with Crippen molar-refractivity contribution in [3.63, 3.8) is 0 Å². The van der Waals surface area contributed by atoms with Crippen LogP contribution in [0.5, 0.6) is 0 Å². The van der Waals surface area contributed by atoms with Crippen molar-refractivity contribution >= 4 is 5.97 Å². The number of carboxylic acids is 1.